The Labute approximate surface area is 128 Å². The summed E-state index contributed by atoms with van der Waals surface area (Å²) in [7, 11) is 0. The molecule has 2 N–H and O–H groups in total. The highest BCUT2D eigenvalue weighted by Crippen LogP contribution is 2.38. The lowest BCUT2D eigenvalue weighted by molar-refractivity contribution is 0.330. The number of rotatable bonds is 4. The quantitative estimate of drug-likeness (QED) is 0.897. The zero-order valence-corrected chi connectivity index (χ0v) is 14.0. The van der Waals surface area contributed by atoms with Crippen molar-refractivity contribution >= 4 is 24.0 Å². The number of halogens is 2. The van der Waals surface area contributed by atoms with Crippen molar-refractivity contribution in [3.63, 3.8) is 0 Å². The van der Waals surface area contributed by atoms with Gasteiger partial charge in [0.1, 0.15) is 5.75 Å². The Bertz CT molecular complexity index is 411. The lowest BCUT2D eigenvalue weighted by Gasteiger charge is -2.25. The van der Waals surface area contributed by atoms with Gasteiger partial charge < -0.3 is 10.5 Å². The van der Waals surface area contributed by atoms with Crippen LogP contribution in [0.15, 0.2) is 12.1 Å². The van der Waals surface area contributed by atoms with E-state index in [2.05, 4.69) is 26.8 Å². The van der Waals surface area contributed by atoms with Crippen molar-refractivity contribution in [1.82, 2.24) is 0 Å². The first-order chi connectivity index (χ1) is 8.25. The monoisotopic (exact) mass is 305 g/mol. The van der Waals surface area contributed by atoms with Gasteiger partial charge in [0.2, 0.25) is 0 Å². The van der Waals surface area contributed by atoms with Gasteiger partial charge in [0.15, 0.2) is 0 Å². The summed E-state index contributed by atoms with van der Waals surface area (Å²) in [4.78, 5) is 0. The molecule has 4 heteroatoms. The molecular weight excluding hydrogens is 281 g/mol. The second kappa shape index (κ2) is 7.37. The SMILES string of the molecule is CCOc1c(Cl)cc(CC(C)N)cc1C(C)(C)C.Cl. The third kappa shape index (κ3) is 5.21. The molecule has 0 amide bonds. The molecule has 19 heavy (non-hydrogen) atoms. The van der Waals surface area contributed by atoms with Crippen LogP contribution in [0.3, 0.4) is 0 Å². The number of nitrogens with two attached hydrogens (primary N) is 1. The van der Waals surface area contributed by atoms with Crippen LogP contribution in [-0.2, 0) is 11.8 Å². The van der Waals surface area contributed by atoms with Crippen molar-refractivity contribution in [2.75, 3.05) is 6.61 Å². The van der Waals surface area contributed by atoms with E-state index >= 15 is 0 Å². The second-order valence-electron chi connectivity index (χ2n) is 5.82. The molecule has 2 nitrogen and oxygen atoms in total. The first-order valence-electron chi connectivity index (χ1n) is 6.47. The van der Waals surface area contributed by atoms with Gasteiger partial charge >= 0.3 is 0 Å². The fraction of sp³-hybridized carbons (Fsp3) is 0.600. The van der Waals surface area contributed by atoms with E-state index in [-0.39, 0.29) is 23.9 Å². The van der Waals surface area contributed by atoms with Gasteiger partial charge in [-0.25, -0.2) is 0 Å². The van der Waals surface area contributed by atoms with Crippen molar-refractivity contribution in [3.05, 3.63) is 28.3 Å². The minimum atomic E-state index is 0. The summed E-state index contributed by atoms with van der Waals surface area (Å²) in [6, 6.07) is 4.26. The Morgan fingerprint density at radius 2 is 1.89 bits per heavy atom. The van der Waals surface area contributed by atoms with Crippen LogP contribution >= 0.6 is 24.0 Å². The highest BCUT2D eigenvalue weighted by molar-refractivity contribution is 6.32. The number of benzene rings is 1. The zero-order valence-electron chi connectivity index (χ0n) is 12.4. The van der Waals surface area contributed by atoms with Gasteiger partial charge in [-0.1, -0.05) is 38.4 Å². The molecule has 1 rings (SSSR count). The Hall–Kier alpha value is -0.440. The first-order valence-corrected chi connectivity index (χ1v) is 6.84. The summed E-state index contributed by atoms with van der Waals surface area (Å²) in [6.07, 6.45) is 0.829. The zero-order chi connectivity index (χ0) is 13.9. The topological polar surface area (TPSA) is 35.2 Å². The molecule has 0 aliphatic carbocycles. The fourth-order valence-corrected chi connectivity index (χ4v) is 2.28. The van der Waals surface area contributed by atoms with Crippen LogP contribution in [0.5, 0.6) is 5.75 Å². The molecule has 0 aliphatic rings. The largest absolute Gasteiger partial charge is 0.492 e. The van der Waals surface area contributed by atoms with Crippen LogP contribution in [0, 0.1) is 0 Å². The molecule has 0 saturated carbocycles. The average Bonchev–Trinajstić information content (AvgIpc) is 2.19. The van der Waals surface area contributed by atoms with Gasteiger partial charge in [-0.3, -0.25) is 0 Å². The van der Waals surface area contributed by atoms with Crippen LogP contribution in [0.4, 0.5) is 0 Å². The molecule has 0 fully saturated rings. The van der Waals surface area contributed by atoms with Crippen LogP contribution in [-0.4, -0.2) is 12.6 Å². The Kier molecular flexibility index (Phi) is 7.20. The van der Waals surface area contributed by atoms with Gasteiger partial charge in [0.25, 0.3) is 0 Å². The van der Waals surface area contributed by atoms with E-state index in [1.54, 1.807) is 0 Å². The molecule has 0 spiro atoms. The summed E-state index contributed by atoms with van der Waals surface area (Å²) in [6.45, 7) is 11.1. The van der Waals surface area contributed by atoms with Gasteiger partial charge in [-0.2, -0.15) is 0 Å². The second-order valence-corrected chi connectivity index (χ2v) is 6.23. The van der Waals surface area contributed by atoms with Crippen molar-refractivity contribution in [3.8, 4) is 5.75 Å². The molecule has 1 unspecified atom stereocenters. The van der Waals surface area contributed by atoms with Gasteiger partial charge in [0, 0.05) is 11.6 Å². The molecule has 0 heterocycles. The highest BCUT2D eigenvalue weighted by atomic mass is 35.5. The Morgan fingerprint density at radius 3 is 2.32 bits per heavy atom. The predicted octanol–water partition coefficient (Wildman–Crippen LogP) is 4.35. The number of hydrogen-bond acceptors (Lipinski definition) is 2. The summed E-state index contributed by atoms with van der Waals surface area (Å²) < 4.78 is 5.69. The van der Waals surface area contributed by atoms with Gasteiger partial charge in [0.05, 0.1) is 11.6 Å². The van der Waals surface area contributed by atoms with Crippen LogP contribution in [0.1, 0.15) is 45.7 Å². The van der Waals surface area contributed by atoms with E-state index in [1.165, 1.54) is 5.56 Å². The molecule has 0 aliphatic heterocycles. The number of ether oxygens (including phenoxy) is 1. The third-order valence-corrected chi connectivity index (χ3v) is 3.04. The van der Waals surface area contributed by atoms with Crippen molar-refractivity contribution in [1.29, 1.82) is 0 Å². The van der Waals surface area contributed by atoms with E-state index in [9.17, 15) is 0 Å². The maximum atomic E-state index is 6.34. The molecule has 110 valence electrons. The number of hydrogen-bond donors (Lipinski definition) is 1. The first kappa shape index (κ1) is 18.6. The standard InChI is InChI=1S/C15H24ClNO.ClH/c1-6-18-14-12(15(3,4)5)8-11(7-10(2)17)9-13(14)16;/h8-10H,6-7,17H2,1-5H3;1H. The van der Waals surface area contributed by atoms with Gasteiger partial charge in [-0.05, 0) is 37.3 Å². The van der Waals surface area contributed by atoms with Crippen molar-refractivity contribution in [2.45, 2.75) is 52.5 Å². The summed E-state index contributed by atoms with van der Waals surface area (Å²) in [5, 5.41) is 0.680. The van der Waals surface area contributed by atoms with Crippen LogP contribution < -0.4 is 10.5 Å². The molecule has 0 bridgehead atoms. The van der Waals surface area contributed by atoms with E-state index in [0.29, 0.717) is 11.6 Å². The van der Waals surface area contributed by atoms with E-state index in [1.807, 2.05) is 19.9 Å². The smallest absolute Gasteiger partial charge is 0.141 e. The van der Waals surface area contributed by atoms with Crippen molar-refractivity contribution in [2.24, 2.45) is 5.73 Å². The van der Waals surface area contributed by atoms with E-state index < -0.39 is 0 Å². The molecule has 1 aromatic carbocycles. The summed E-state index contributed by atoms with van der Waals surface area (Å²) in [5.74, 6) is 0.806. The average molecular weight is 306 g/mol. The maximum Gasteiger partial charge on any atom is 0.141 e. The predicted molar refractivity (Wildman–Crippen MR) is 85.9 cm³/mol. The maximum absolute atomic E-state index is 6.34. The van der Waals surface area contributed by atoms with E-state index in [4.69, 9.17) is 22.1 Å². The molecule has 1 atom stereocenters. The highest BCUT2D eigenvalue weighted by Gasteiger charge is 2.22. The fourth-order valence-electron chi connectivity index (χ4n) is 1.99. The minimum absolute atomic E-state index is 0. The minimum Gasteiger partial charge on any atom is -0.492 e. The summed E-state index contributed by atoms with van der Waals surface area (Å²) >= 11 is 6.34. The molecule has 0 aromatic heterocycles. The Morgan fingerprint density at radius 1 is 1.32 bits per heavy atom. The molecule has 0 saturated heterocycles. The Balaban J connectivity index is 0.00000324. The lowest BCUT2D eigenvalue weighted by Crippen LogP contribution is -2.19. The molecule has 1 aromatic rings. The van der Waals surface area contributed by atoms with Gasteiger partial charge in [-0.15, -0.1) is 12.4 Å². The van der Waals surface area contributed by atoms with Crippen LogP contribution in [0.25, 0.3) is 0 Å². The lowest BCUT2D eigenvalue weighted by atomic mass is 9.84. The normalized spacial score (nSPS) is 12.8. The third-order valence-electron chi connectivity index (χ3n) is 2.76. The summed E-state index contributed by atoms with van der Waals surface area (Å²) in [5.41, 5.74) is 8.17. The van der Waals surface area contributed by atoms with Crippen molar-refractivity contribution < 1.29 is 4.74 Å². The molecular formula is C15H25Cl2NO. The van der Waals surface area contributed by atoms with Crippen LogP contribution in [0.2, 0.25) is 5.02 Å². The van der Waals surface area contributed by atoms with E-state index in [0.717, 1.165) is 17.7 Å². The molecule has 0 radical (unpaired) electrons.